The fourth-order valence-electron chi connectivity index (χ4n) is 1.34. The van der Waals surface area contributed by atoms with Gasteiger partial charge in [-0.3, -0.25) is 14.3 Å². The van der Waals surface area contributed by atoms with Crippen LogP contribution in [0.25, 0.3) is 5.82 Å². The predicted molar refractivity (Wildman–Crippen MR) is 64.2 cm³/mol. The number of aryl methyl sites for hydroxylation is 1. The first kappa shape index (κ1) is 14.1. The average Bonchev–Trinajstić information content (AvgIpc) is 2.19. The van der Waals surface area contributed by atoms with Crippen LogP contribution in [-0.2, 0) is 0 Å². The third-order valence-corrected chi connectivity index (χ3v) is 2.38. The summed E-state index contributed by atoms with van der Waals surface area (Å²) in [6.07, 6.45) is 1.71. The summed E-state index contributed by atoms with van der Waals surface area (Å²) in [5, 5.41) is 0. The standard InChI is InChI=1S/C10H10N4OS.Na/c1-6-2-3-8(12-5-6)14-7(11)4-9(15)13-10(14)16;/h2-5H,11H2,1H3,(H,13,15,16);/q;+1. The number of hydrogen-bond donors (Lipinski definition) is 2. The van der Waals surface area contributed by atoms with E-state index in [9.17, 15) is 4.79 Å². The molecule has 0 saturated heterocycles. The molecule has 0 amide bonds. The molecule has 82 valence electrons. The first-order valence-corrected chi connectivity index (χ1v) is 5.03. The molecule has 7 heteroatoms. The van der Waals surface area contributed by atoms with Gasteiger partial charge in [0.1, 0.15) is 11.6 Å². The number of rotatable bonds is 1. The third-order valence-electron chi connectivity index (χ3n) is 2.10. The summed E-state index contributed by atoms with van der Waals surface area (Å²) in [6.45, 7) is 1.94. The molecule has 0 unspecified atom stereocenters. The Kier molecular flexibility index (Phi) is 4.64. The van der Waals surface area contributed by atoms with Crippen LogP contribution in [-0.4, -0.2) is 14.5 Å². The average molecular weight is 257 g/mol. The van der Waals surface area contributed by atoms with Gasteiger partial charge in [-0.1, -0.05) is 6.07 Å². The first-order valence-electron chi connectivity index (χ1n) is 4.63. The number of aromatic amines is 1. The summed E-state index contributed by atoms with van der Waals surface area (Å²) < 4.78 is 1.75. The molecular weight excluding hydrogens is 247 g/mol. The van der Waals surface area contributed by atoms with Crippen molar-refractivity contribution in [3.63, 3.8) is 0 Å². The van der Waals surface area contributed by atoms with Crippen LogP contribution < -0.4 is 40.9 Å². The van der Waals surface area contributed by atoms with Crippen LogP contribution in [0, 0.1) is 11.7 Å². The molecule has 3 N–H and O–H groups in total. The van der Waals surface area contributed by atoms with Gasteiger partial charge in [0, 0.05) is 12.3 Å². The molecule has 2 aromatic rings. The van der Waals surface area contributed by atoms with Crippen LogP contribution in [0.5, 0.6) is 0 Å². The maximum atomic E-state index is 11.1. The van der Waals surface area contributed by atoms with Crippen LogP contribution in [0.15, 0.2) is 29.2 Å². The minimum absolute atomic E-state index is 0. The van der Waals surface area contributed by atoms with E-state index in [1.165, 1.54) is 10.6 Å². The van der Waals surface area contributed by atoms with Crippen LogP contribution in [0.1, 0.15) is 5.56 Å². The van der Waals surface area contributed by atoms with Crippen LogP contribution in [0.3, 0.4) is 0 Å². The van der Waals surface area contributed by atoms with E-state index in [-0.39, 0.29) is 45.7 Å². The predicted octanol–water partition coefficient (Wildman–Crippen LogP) is -1.82. The normalized spacial score (nSPS) is 9.71. The number of nitrogens with zero attached hydrogens (tertiary/aromatic N) is 2. The van der Waals surface area contributed by atoms with Gasteiger partial charge in [0.05, 0.1) is 0 Å². The second kappa shape index (κ2) is 5.59. The second-order valence-electron chi connectivity index (χ2n) is 3.39. The van der Waals surface area contributed by atoms with Crippen molar-refractivity contribution in [3.8, 4) is 5.82 Å². The van der Waals surface area contributed by atoms with E-state index in [1.807, 2.05) is 13.0 Å². The van der Waals surface area contributed by atoms with Gasteiger partial charge in [-0.15, -0.1) is 0 Å². The van der Waals surface area contributed by atoms with Crippen LogP contribution in [0.2, 0.25) is 0 Å². The zero-order valence-electron chi connectivity index (χ0n) is 9.60. The van der Waals surface area contributed by atoms with E-state index in [2.05, 4.69) is 9.97 Å². The molecule has 17 heavy (non-hydrogen) atoms. The Bertz CT molecular complexity index is 632. The van der Waals surface area contributed by atoms with Crippen molar-refractivity contribution < 1.29 is 29.6 Å². The molecule has 0 aliphatic heterocycles. The Morgan fingerprint density at radius 3 is 2.71 bits per heavy atom. The van der Waals surface area contributed by atoms with E-state index in [0.29, 0.717) is 5.82 Å². The van der Waals surface area contributed by atoms with Gasteiger partial charge in [0.2, 0.25) is 0 Å². The minimum atomic E-state index is -0.314. The van der Waals surface area contributed by atoms with Crippen molar-refractivity contribution in [1.29, 1.82) is 0 Å². The summed E-state index contributed by atoms with van der Waals surface area (Å²) in [7, 11) is 0. The van der Waals surface area contributed by atoms with Gasteiger partial charge < -0.3 is 5.73 Å². The molecule has 0 atom stereocenters. The van der Waals surface area contributed by atoms with Crippen molar-refractivity contribution in [2.24, 2.45) is 0 Å². The molecule has 0 radical (unpaired) electrons. The molecule has 2 heterocycles. The van der Waals surface area contributed by atoms with Crippen molar-refractivity contribution in [1.82, 2.24) is 14.5 Å². The topological polar surface area (TPSA) is 76.7 Å². The maximum Gasteiger partial charge on any atom is 1.00 e. The Labute approximate surface area is 125 Å². The van der Waals surface area contributed by atoms with Gasteiger partial charge in [-0.2, -0.15) is 0 Å². The number of aromatic nitrogens is 3. The molecule has 0 spiro atoms. The van der Waals surface area contributed by atoms with E-state index in [1.54, 1.807) is 12.3 Å². The van der Waals surface area contributed by atoms with E-state index in [4.69, 9.17) is 18.0 Å². The number of anilines is 1. The molecule has 2 rings (SSSR count). The van der Waals surface area contributed by atoms with E-state index >= 15 is 0 Å². The Hall–Kier alpha value is -0.950. The molecular formula is C10H10N4NaOS+. The fourth-order valence-corrected chi connectivity index (χ4v) is 1.64. The summed E-state index contributed by atoms with van der Waals surface area (Å²) in [4.78, 5) is 17.8. The number of nitrogen functional groups attached to an aromatic ring is 1. The third kappa shape index (κ3) is 3.04. The van der Waals surface area contributed by atoms with Crippen molar-refractivity contribution in [2.75, 3.05) is 5.73 Å². The van der Waals surface area contributed by atoms with Gasteiger partial charge in [0.15, 0.2) is 4.77 Å². The van der Waals surface area contributed by atoms with E-state index < -0.39 is 0 Å². The molecule has 0 aliphatic rings. The number of pyridine rings is 1. The van der Waals surface area contributed by atoms with Gasteiger partial charge in [-0.25, -0.2) is 4.98 Å². The number of H-pyrrole nitrogens is 1. The summed E-state index contributed by atoms with van der Waals surface area (Å²) >= 11 is 5.03. The maximum absolute atomic E-state index is 11.1. The largest absolute Gasteiger partial charge is 1.00 e. The summed E-state index contributed by atoms with van der Waals surface area (Å²) in [5.41, 5.74) is 6.45. The van der Waals surface area contributed by atoms with Crippen LogP contribution in [0.4, 0.5) is 5.82 Å². The quantitative estimate of drug-likeness (QED) is 0.466. The molecule has 0 aliphatic carbocycles. The van der Waals surface area contributed by atoms with Crippen molar-refractivity contribution >= 4 is 18.0 Å². The SMILES string of the molecule is Cc1ccc(-n2c(N)cc(=O)[nH]c2=S)nc1.[Na+]. The Morgan fingerprint density at radius 1 is 1.47 bits per heavy atom. The van der Waals surface area contributed by atoms with E-state index in [0.717, 1.165) is 5.56 Å². The zero-order chi connectivity index (χ0) is 11.7. The van der Waals surface area contributed by atoms with Crippen molar-refractivity contribution in [2.45, 2.75) is 6.92 Å². The molecule has 0 saturated carbocycles. The number of nitrogens with one attached hydrogen (secondary N) is 1. The molecule has 5 nitrogen and oxygen atoms in total. The molecule has 2 aromatic heterocycles. The van der Waals surface area contributed by atoms with Crippen LogP contribution >= 0.6 is 12.2 Å². The van der Waals surface area contributed by atoms with Gasteiger partial charge in [-0.05, 0) is 30.8 Å². The van der Waals surface area contributed by atoms with Gasteiger partial charge in [0.25, 0.3) is 5.56 Å². The summed E-state index contributed by atoms with van der Waals surface area (Å²) in [6, 6.07) is 4.96. The monoisotopic (exact) mass is 257 g/mol. The smallest absolute Gasteiger partial charge is 0.385 e. The minimum Gasteiger partial charge on any atom is -0.385 e. The summed E-state index contributed by atoms with van der Waals surface area (Å²) in [5.74, 6) is 0.856. The molecule has 0 bridgehead atoms. The first-order chi connectivity index (χ1) is 7.58. The van der Waals surface area contributed by atoms with Crippen molar-refractivity contribution in [3.05, 3.63) is 45.1 Å². The fraction of sp³-hybridized carbons (Fsp3) is 0.100. The number of hydrogen-bond acceptors (Lipinski definition) is 4. The molecule has 0 fully saturated rings. The zero-order valence-corrected chi connectivity index (χ0v) is 12.4. The Morgan fingerprint density at radius 2 is 2.18 bits per heavy atom. The Balaban J connectivity index is 0.00000144. The molecule has 0 aromatic carbocycles. The van der Waals surface area contributed by atoms with Gasteiger partial charge >= 0.3 is 29.6 Å². The second-order valence-corrected chi connectivity index (χ2v) is 3.78. The number of nitrogens with two attached hydrogens (primary N) is 1.